The van der Waals surface area contributed by atoms with Crippen LogP contribution in [0.1, 0.15) is 15.9 Å². The van der Waals surface area contributed by atoms with Gasteiger partial charge in [-0.3, -0.25) is 24.9 Å². The van der Waals surface area contributed by atoms with Crippen LogP contribution in [0.25, 0.3) is 0 Å². The molecule has 1 aromatic heterocycles. The van der Waals surface area contributed by atoms with Crippen molar-refractivity contribution < 1.29 is 23.9 Å². The molecule has 196 valence electrons. The summed E-state index contributed by atoms with van der Waals surface area (Å²) in [7, 11) is 4.86. The normalized spacial score (nSPS) is 18.3. The predicted octanol–water partition coefficient (Wildman–Crippen LogP) is 2.41. The molecule has 3 N–H and O–H groups in total. The number of aromatic nitrogens is 1. The standard InChI is InChI=1S/C17H17N5O3.C10H11NO2/c1-25-13(15-16(23)22-17(24)21-15)8-11-4-2-6-14(19-9-11)20-12-5-3-7-18-10-12;1-11-6-7-3-4-8(13-2)5-9(7)10(11)12/h2-8,10,15H,9H2,1H3,(H,19,20)(H2,21,22,23,24);3-5H,6H2,1-2H3/b13-8-;. The molecule has 1 fully saturated rings. The number of allylic oxidation sites excluding steroid dienone is 2. The number of anilines is 1. The van der Waals surface area contributed by atoms with Gasteiger partial charge in [-0.25, -0.2) is 4.79 Å². The minimum Gasteiger partial charge on any atom is -0.498 e. The van der Waals surface area contributed by atoms with Gasteiger partial charge in [0.15, 0.2) is 6.04 Å². The second kappa shape index (κ2) is 11.9. The first-order chi connectivity index (χ1) is 18.4. The Morgan fingerprint density at radius 2 is 2.05 bits per heavy atom. The van der Waals surface area contributed by atoms with E-state index in [9.17, 15) is 14.4 Å². The third kappa shape index (κ3) is 6.25. The summed E-state index contributed by atoms with van der Waals surface area (Å²) in [4.78, 5) is 44.8. The molecule has 1 unspecified atom stereocenters. The van der Waals surface area contributed by atoms with E-state index in [0.717, 1.165) is 28.1 Å². The lowest BCUT2D eigenvalue weighted by molar-refractivity contribution is -0.120. The van der Waals surface area contributed by atoms with Gasteiger partial charge in [0.05, 0.1) is 32.6 Å². The fourth-order valence-electron chi connectivity index (χ4n) is 3.92. The number of amidine groups is 1. The summed E-state index contributed by atoms with van der Waals surface area (Å²) < 4.78 is 10.3. The highest BCUT2D eigenvalue weighted by Gasteiger charge is 2.33. The lowest BCUT2D eigenvalue weighted by atomic mass is 10.1. The average molecular weight is 517 g/mol. The summed E-state index contributed by atoms with van der Waals surface area (Å²) in [6.45, 7) is 1.10. The number of methoxy groups -OCH3 is 2. The molecule has 0 bridgehead atoms. The van der Waals surface area contributed by atoms with Crippen molar-refractivity contribution in [3.63, 3.8) is 0 Å². The number of benzene rings is 1. The number of carbonyl (C=O) groups is 3. The van der Waals surface area contributed by atoms with Gasteiger partial charge in [0, 0.05) is 25.4 Å². The van der Waals surface area contributed by atoms with Crippen molar-refractivity contribution in [3.05, 3.63) is 89.5 Å². The third-order valence-electron chi connectivity index (χ3n) is 5.85. The van der Waals surface area contributed by atoms with Crippen LogP contribution in [-0.4, -0.2) is 67.4 Å². The average Bonchev–Trinajstić information content (AvgIpc) is 3.30. The Morgan fingerprint density at radius 1 is 1.21 bits per heavy atom. The molecule has 0 spiro atoms. The van der Waals surface area contributed by atoms with Crippen LogP contribution in [0.5, 0.6) is 5.75 Å². The molecule has 0 aliphatic carbocycles. The van der Waals surface area contributed by atoms with Crippen molar-refractivity contribution in [2.45, 2.75) is 12.6 Å². The van der Waals surface area contributed by atoms with E-state index in [1.54, 1.807) is 43.6 Å². The minimum absolute atomic E-state index is 0.0777. The van der Waals surface area contributed by atoms with E-state index in [1.807, 2.05) is 42.5 Å². The van der Waals surface area contributed by atoms with Gasteiger partial charge in [-0.15, -0.1) is 0 Å². The number of rotatable bonds is 5. The fourth-order valence-corrected chi connectivity index (χ4v) is 3.92. The first kappa shape index (κ1) is 26.1. The van der Waals surface area contributed by atoms with Crippen LogP contribution in [0.4, 0.5) is 10.5 Å². The molecule has 4 amide bonds. The van der Waals surface area contributed by atoms with Crippen LogP contribution >= 0.6 is 0 Å². The molecular weight excluding hydrogens is 488 g/mol. The topological polar surface area (TPSA) is 134 Å². The zero-order valence-electron chi connectivity index (χ0n) is 21.2. The highest BCUT2D eigenvalue weighted by Crippen LogP contribution is 2.25. The Kier molecular flexibility index (Phi) is 8.17. The number of urea groups is 1. The molecule has 38 heavy (non-hydrogen) atoms. The van der Waals surface area contributed by atoms with E-state index >= 15 is 0 Å². The molecule has 1 atom stereocenters. The van der Waals surface area contributed by atoms with E-state index in [-0.39, 0.29) is 5.91 Å². The summed E-state index contributed by atoms with van der Waals surface area (Å²) in [5, 5.41) is 7.86. The summed E-state index contributed by atoms with van der Waals surface area (Å²) >= 11 is 0. The summed E-state index contributed by atoms with van der Waals surface area (Å²) in [5.41, 5.74) is 3.52. The first-order valence-corrected chi connectivity index (χ1v) is 11.8. The number of imide groups is 1. The van der Waals surface area contributed by atoms with E-state index in [1.165, 1.54) is 7.11 Å². The molecule has 1 aromatic carbocycles. The lowest BCUT2D eigenvalue weighted by Crippen LogP contribution is -2.31. The van der Waals surface area contributed by atoms with Crippen LogP contribution in [0.2, 0.25) is 0 Å². The molecule has 0 saturated carbocycles. The highest BCUT2D eigenvalue weighted by molar-refractivity contribution is 6.06. The van der Waals surface area contributed by atoms with Gasteiger partial charge in [0.25, 0.3) is 11.8 Å². The number of hydrogen-bond acceptors (Lipinski definition) is 8. The smallest absolute Gasteiger partial charge is 0.322 e. The molecular formula is C27H28N6O5. The molecule has 2 aromatic rings. The van der Waals surface area contributed by atoms with Crippen LogP contribution in [-0.2, 0) is 16.1 Å². The maximum atomic E-state index is 11.8. The SMILES string of the molecule is CO/C(=C\C1=CC=CC(Nc2cccnc2)=NC1)C1NC(=O)NC1=O.COc1ccc2c(c1)C(=O)N(C)C2. The van der Waals surface area contributed by atoms with Crippen molar-refractivity contribution in [3.8, 4) is 5.75 Å². The number of aliphatic imine (C=N–C) groups is 1. The Hall–Kier alpha value is -4.93. The van der Waals surface area contributed by atoms with Gasteiger partial charge < -0.3 is 25.0 Å². The zero-order valence-corrected chi connectivity index (χ0v) is 21.2. The van der Waals surface area contributed by atoms with Crippen LogP contribution in [0.3, 0.4) is 0 Å². The second-order valence-corrected chi connectivity index (χ2v) is 8.50. The van der Waals surface area contributed by atoms with Crippen LogP contribution in [0, 0.1) is 0 Å². The Balaban J connectivity index is 0.000000216. The number of fused-ring (bicyclic) bond motifs is 1. The van der Waals surface area contributed by atoms with Crippen LogP contribution < -0.4 is 20.7 Å². The number of amides is 4. The van der Waals surface area contributed by atoms with E-state index in [0.29, 0.717) is 24.7 Å². The van der Waals surface area contributed by atoms with Gasteiger partial charge in [-0.2, -0.15) is 0 Å². The van der Waals surface area contributed by atoms with Gasteiger partial charge in [-0.1, -0.05) is 18.2 Å². The third-order valence-corrected chi connectivity index (χ3v) is 5.85. The number of nitrogens with zero attached hydrogens (tertiary/aromatic N) is 3. The molecule has 3 aliphatic heterocycles. The molecule has 0 radical (unpaired) electrons. The molecule has 5 rings (SSSR count). The van der Waals surface area contributed by atoms with E-state index in [4.69, 9.17) is 9.47 Å². The summed E-state index contributed by atoms with van der Waals surface area (Å²) in [6, 6.07) is 7.98. The summed E-state index contributed by atoms with van der Waals surface area (Å²) in [6.07, 6.45) is 10.7. The molecule has 1 saturated heterocycles. The number of ether oxygens (including phenoxy) is 2. The maximum absolute atomic E-state index is 11.8. The lowest BCUT2D eigenvalue weighted by Gasteiger charge is -2.12. The fraction of sp³-hybridized carbons (Fsp3) is 0.222. The Morgan fingerprint density at radius 3 is 2.74 bits per heavy atom. The molecule has 11 nitrogen and oxygen atoms in total. The maximum Gasteiger partial charge on any atom is 0.322 e. The van der Waals surface area contributed by atoms with Gasteiger partial charge in [-0.05, 0) is 47.6 Å². The predicted molar refractivity (Wildman–Crippen MR) is 142 cm³/mol. The molecule has 3 aliphatic rings. The van der Waals surface area contributed by atoms with Gasteiger partial charge in [0.1, 0.15) is 17.3 Å². The summed E-state index contributed by atoms with van der Waals surface area (Å²) in [5.74, 6) is 1.42. The first-order valence-electron chi connectivity index (χ1n) is 11.8. The van der Waals surface area contributed by atoms with Crippen molar-refractivity contribution >= 4 is 29.4 Å². The number of pyridine rings is 1. The van der Waals surface area contributed by atoms with Gasteiger partial charge in [0.2, 0.25) is 0 Å². The highest BCUT2D eigenvalue weighted by atomic mass is 16.5. The quantitative estimate of drug-likeness (QED) is 0.410. The van der Waals surface area contributed by atoms with Crippen molar-refractivity contribution in [2.24, 2.45) is 4.99 Å². The number of nitrogens with one attached hydrogen (secondary N) is 3. The minimum atomic E-state index is -0.831. The van der Waals surface area contributed by atoms with E-state index < -0.39 is 18.0 Å². The largest absolute Gasteiger partial charge is 0.498 e. The zero-order chi connectivity index (χ0) is 27.1. The van der Waals surface area contributed by atoms with Crippen molar-refractivity contribution in [2.75, 3.05) is 33.1 Å². The molecule has 11 heteroatoms. The Labute approximate surface area is 219 Å². The van der Waals surface area contributed by atoms with E-state index in [2.05, 4.69) is 25.9 Å². The number of hydrogen-bond donors (Lipinski definition) is 3. The van der Waals surface area contributed by atoms with Crippen molar-refractivity contribution in [1.82, 2.24) is 20.5 Å². The second-order valence-electron chi connectivity index (χ2n) is 8.50. The van der Waals surface area contributed by atoms with Crippen LogP contribution in [0.15, 0.2) is 83.4 Å². The van der Waals surface area contributed by atoms with Crippen molar-refractivity contribution in [1.29, 1.82) is 0 Å². The Bertz CT molecular complexity index is 1350. The molecule has 4 heterocycles. The number of carbonyl (C=O) groups excluding carboxylic acids is 3. The monoisotopic (exact) mass is 516 g/mol. The van der Waals surface area contributed by atoms with Gasteiger partial charge >= 0.3 is 6.03 Å².